The summed E-state index contributed by atoms with van der Waals surface area (Å²) < 4.78 is 0.161. The summed E-state index contributed by atoms with van der Waals surface area (Å²) in [6.07, 6.45) is 2.30. The zero-order valence-corrected chi connectivity index (χ0v) is 46.0. The van der Waals surface area contributed by atoms with E-state index in [-0.39, 0.29) is 81.9 Å². The lowest BCUT2D eigenvalue weighted by atomic mass is 9.86. The van der Waals surface area contributed by atoms with Gasteiger partial charge in [0.1, 0.15) is 24.0 Å². The number of ketones is 7. The summed E-state index contributed by atoms with van der Waals surface area (Å²) >= 11 is 7.72. The number of likely N-dealkylation sites (tertiary alicyclic amines) is 2. The number of thioether (sulfide) groups is 4. The monoisotopic (exact) mass is 1070 g/mol. The first kappa shape index (κ1) is 59.2. The molecule has 2 amide bonds. The van der Waals surface area contributed by atoms with Crippen LogP contribution in [-0.2, 0) is 43.2 Å². The van der Waals surface area contributed by atoms with Crippen molar-refractivity contribution in [1.29, 1.82) is 0 Å². The Morgan fingerprint density at radius 1 is 0.611 bits per heavy atom. The Kier molecular flexibility index (Phi) is 23.3. The summed E-state index contributed by atoms with van der Waals surface area (Å²) in [5, 5.41) is 16.2. The number of aliphatic hydroxyl groups excluding tert-OH is 1. The second-order valence-electron chi connectivity index (χ2n) is 19.6. The van der Waals surface area contributed by atoms with Gasteiger partial charge in [-0.3, -0.25) is 53.0 Å². The van der Waals surface area contributed by atoms with Gasteiger partial charge in [0.15, 0.2) is 28.9 Å². The van der Waals surface area contributed by atoms with E-state index < -0.39 is 59.2 Å². The fourth-order valence-electron chi connectivity index (χ4n) is 10.2. The van der Waals surface area contributed by atoms with Gasteiger partial charge in [0.25, 0.3) is 0 Å². The highest BCUT2D eigenvalue weighted by molar-refractivity contribution is 8.21. The van der Waals surface area contributed by atoms with Gasteiger partial charge in [-0.2, -0.15) is 0 Å². The van der Waals surface area contributed by atoms with Gasteiger partial charge in [-0.15, -0.1) is 47.0 Å². The lowest BCUT2D eigenvalue weighted by Gasteiger charge is -2.24. The second kappa shape index (κ2) is 28.3. The molecule has 0 bridgehead atoms. The maximum atomic E-state index is 13.2. The molecule has 4 aliphatic rings. The van der Waals surface area contributed by atoms with Gasteiger partial charge in [-0.25, -0.2) is 0 Å². The van der Waals surface area contributed by atoms with Crippen LogP contribution in [0, 0.1) is 11.8 Å². The molecule has 3 N–H and O–H groups in total. The molecule has 72 heavy (non-hydrogen) atoms. The van der Waals surface area contributed by atoms with E-state index in [0.29, 0.717) is 30.4 Å². The van der Waals surface area contributed by atoms with Crippen molar-refractivity contribution in [3.8, 4) is 0 Å². The van der Waals surface area contributed by atoms with Crippen molar-refractivity contribution in [3.63, 3.8) is 0 Å². The zero-order valence-electron chi connectivity index (χ0n) is 42.7. The van der Waals surface area contributed by atoms with Gasteiger partial charge in [-0.05, 0) is 70.7 Å². The Morgan fingerprint density at radius 2 is 1.03 bits per heavy atom. The fourth-order valence-corrected chi connectivity index (χ4v) is 16.9. The van der Waals surface area contributed by atoms with Gasteiger partial charge >= 0.3 is 0 Å². The number of hydrogen-bond acceptors (Lipinski definition) is 16. The minimum Gasteiger partial charge on any atom is -0.385 e. The molecule has 7 atom stereocenters. The maximum Gasteiger partial charge on any atom is 0.221 e. The highest BCUT2D eigenvalue weighted by Crippen LogP contribution is 2.52. The van der Waals surface area contributed by atoms with Crippen molar-refractivity contribution < 1.29 is 48.3 Å². The Morgan fingerprint density at radius 3 is 1.44 bits per heavy atom. The average molecular weight is 1070 g/mol. The first-order valence-corrected chi connectivity index (χ1v) is 29.2. The number of rotatable bonds is 26. The lowest BCUT2D eigenvalue weighted by Crippen LogP contribution is -2.38. The number of carbonyl (C=O) groups excluding carboxylic acids is 9. The molecule has 4 saturated heterocycles. The molecular weight excluding hydrogens is 993 g/mol. The molecule has 4 aliphatic heterocycles. The minimum atomic E-state index is -1.28. The van der Waals surface area contributed by atoms with Crippen molar-refractivity contribution >= 4 is 99.3 Å². The van der Waals surface area contributed by atoms with Gasteiger partial charge in [0, 0.05) is 80.5 Å². The average Bonchev–Trinajstić information content (AvgIpc) is 4.17. The first-order chi connectivity index (χ1) is 34.3. The third-order valence-electron chi connectivity index (χ3n) is 13.9. The van der Waals surface area contributed by atoms with Crippen LogP contribution in [0.3, 0.4) is 0 Å². The van der Waals surface area contributed by atoms with E-state index in [1.165, 1.54) is 13.8 Å². The summed E-state index contributed by atoms with van der Waals surface area (Å²) in [6, 6.07) is 15.9. The quantitative estimate of drug-likeness (QED) is 0.0811. The molecule has 0 radical (unpaired) electrons. The van der Waals surface area contributed by atoms with Crippen molar-refractivity contribution in [2.24, 2.45) is 11.8 Å². The highest BCUT2D eigenvalue weighted by atomic mass is 32.2. The molecule has 3 unspecified atom stereocenters. The van der Waals surface area contributed by atoms with Crippen LogP contribution in [0.1, 0.15) is 128 Å². The van der Waals surface area contributed by atoms with E-state index in [1.54, 1.807) is 48.5 Å². The second-order valence-corrected chi connectivity index (χ2v) is 26.0. The van der Waals surface area contributed by atoms with E-state index >= 15 is 0 Å². The van der Waals surface area contributed by atoms with Crippen molar-refractivity contribution in [1.82, 2.24) is 20.4 Å². The summed E-state index contributed by atoms with van der Waals surface area (Å²) in [5.74, 6) is 0.461. The normalized spacial score (nSPS) is 21.2. The van der Waals surface area contributed by atoms with E-state index in [0.717, 1.165) is 55.4 Å². The number of Topliss-reactive ketones (excluding diaryl/α,β-unsaturated/α-hetero) is 7. The number of aliphatic hydroxyl groups is 1. The standard InChI is InChI=1S/C27H38N2O5S2.C27H36N2O5S2/c2*1-4-8-20(15-23(32)21-16-27(17-29(21)3)35-13-14-36-27)26(34)22(31)11-12-24(33)28-25(18(2)30)19-9-6-5-7-10-19/h5-7,9-10,20-21,25-26,34H,4,8,11-17H2,1-3H3,(H,28,33);5-7,9-10,20-21,25H,4,8,11-17H2,1-3H3,(H,28,33)/t20?,21-,25+,26?;20?,21-,25+/m00/s1. The van der Waals surface area contributed by atoms with Crippen LogP contribution >= 0.6 is 47.0 Å². The van der Waals surface area contributed by atoms with Crippen molar-refractivity contribution in [2.45, 2.75) is 143 Å². The van der Waals surface area contributed by atoms with Crippen LogP contribution in [0.15, 0.2) is 60.7 Å². The van der Waals surface area contributed by atoms with E-state index in [9.17, 15) is 48.3 Å². The number of benzene rings is 2. The Balaban J connectivity index is 0.000000267. The van der Waals surface area contributed by atoms with Gasteiger partial charge in [0.2, 0.25) is 17.6 Å². The number of hydrogen-bond donors (Lipinski definition) is 3. The highest BCUT2D eigenvalue weighted by Gasteiger charge is 2.50. The van der Waals surface area contributed by atoms with Crippen LogP contribution in [0.2, 0.25) is 0 Å². The largest absolute Gasteiger partial charge is 0.385 e. The van der Waals surface area contributed by atoms with Crippen LogP contribution in [0.5, 0.6) is 0 Å². The van der Waals surface area contributed by atoms with Crippen molar-refractivity contribution in [2.75, 3.05) is 50.2 Å². The van der Waals surface area contributed by atoms with Crippen molar-refractivity contribution in [3.05, 3.63) is 71.8 Å². The van der Waals surface area contributed by atoms with Crippen LogP contribution < -0.4 is 10.6 Å². The minimum absolute atomic E-state index is 0.0204. The number of nitrogens with zero attached hydrogens (tertiary/aromatic N) is 2. The number of carbonyl (C=O) groups is 9. The molecule has 6 rings (SSSR count). The molecule has 4 heterocycles. The molecule has 394 valence electrons. The Labute approximate surface area is 442 Å². The molecule has 2 spiro atoms. The predicted molar refractivity (Wildman–Crippen MR) is 289 cm³/mol. The van der Waals surface area contributed by atoms with Crippen LogP contribution in [0.25, 0.3) is 0 Å². The smallest absolute Gasteiger partial charge is 0.221 e. The predicted octanol–water partition coefficient (Wildman–Crippen LogP) is 7.01. The van der Waals surface area contributed by atoms with E-state index in [1.807, 2.05) is 87.1 Å². The Bertz CT molecular complexity index is 2220. The van der Waals surface area contributed by atoms with Gasteiger partial charge in [0.05, 0.1) is 20.2 Å². The molecule has 18 heteroatoms. The molecule has 0 aromatic heterocycles. The summed E-state index contributed by atoms with van der Waals surface area (Å²) in [4.78, 5) is 118. The molecule has 14 nitrogen and oxygen atoms in total. The third kappa shape index (κ3) is 16.7. The van der Waals surface area contributed by atoms with Crippen LogP contribution in [0.4, 0.5) is 0 Å². The summed E-state index contributed by atoms with van der Waals surface area (Å²) in [6.45, 7) is 8.42. The summed E-state index contributed by atoms with van der Waals surface area (Å²) in [7, 11) is 3.94. The van der Waals surface area contributed by atoms with E-state index in [4.69, 9.17) is 0 Å². The molecule has 2 aromatic carbocycles. The molecular formula is C54H74N4O10S4. The SMILES string of the molecule is CCCC(CC(=O)[C@@H]1CC2(CN1C)SCCS2)C(=O)C(=O)CCC(=O)N[C@H](C(C)=O)c1ccccc1.CCCC(CC(=O)[C@@H]1CC2(CN1C)SCCS2)C(O)C(=O)CCC(=O)N[C@H](C(C)=O)c1ccccc1. The molecule has 4 fully saturated rings. The van der Waals surface area contributed by atoms with Crippen LogP contribution in [-0.4, -0.2) is 144 Å². The lowest BCUT2D eigenvalue weighted by molar-refractivity contribution is -0.141. The molecule has 0 aliphatic carbocycles. The number of amides is 2. The van der Waals surface area contributed by atoms with Gasteiger partial charge in [-0.1, -0.05) is 87.4 Å². The fraction of sp³-hybridized carbons (Fsp3) is 0.611. The first-order valence-electron chi connectivity index (χ1n) is 25.3. The summed E-state index contributed by atoms with van der Waals surface area (Å²) in [5.41, 5.74) is 1.34. The van der Waals surface area contributed by atoms with E-state index in [2.05, 4.69) is 20.4 Å². The zero-order chi connectivity index (χ0) is 52.6. The van der Waals surface area contributed by atoms with Gasteiger partial charge < -0.3 is 15.7 Å². The Hall–Kier alpha value is -3.65. The maximum absolute atomic E-state index is 13.2. The topological polar surface area (TPSA) is 204 Å². The molecule has 0 saturated carbocycles. The number of likely N-dealkylation sites (N-methyl/N-ethyl adjacent to an activating group) is 2. The third-order valence-corrected chi connectivity index (χ3v) is 20.8. The molecule has 2 aromatic rings. The number of nitrogens with one attached hydrogen (secondary N) is 2.